The van der Waals surface area contributed by atoms with Crippen molar-refractivity contribution in [3.63, 3.8) is 0 Å². The van der Waals surface area contributed by atoms with Crippen LogP contribution in [0.2, 0.25) is 4.34 Å². The number of nitrogens with zero attached hydrogens (tertiary/aromatic N) is 1. The van der Waals surface area contributed by atoms with Crippen molar-refractivity contribution in [3.05, 3.63) is 51.2 Å². The molecule has 2 aromatic rings. The zero-order valence-corrected chi connectivity index (χ0v) is 13.3. The molecule has 0 bridgehead atoms. The number of halogens is 3. The highest BCUT2D eigenvalue weighted by atomic mass is 35.5. The predicted octanol–water partition coefficient (Wildman–Crippen LogP) is 4.67. The van der Waals surface area contributed by atoms with Gasteiger partial charge in [0.2, 0.25) is 0 Å². The maximum absolute atomic E-state index is 12.4. The summed E-state index contributed by atoms with van der Waals surface area (Å²) in [5.74, 6) is -0.143. The van der Waals surface area contributed by atoms with Gasteiger partial charge in [-0.15, -0.1) is 11.3 Å². The van der Waals surface area contributed by atoms with Gasteiger partial charge in [0.1, 0.15) is 5.75 Å². The van der Waals surface area contributed by atoms with E-state index in [9.17, 15) is 13.6 Å². The molecule has 3 nitrogen and oxygen atoms in total. The van der Waals surface area contributed by atoms with Crippen LogP contribution < -0.4 is 4.74 Å². The smallest absolute Gasteiger partial charge is 0.387 e. The topological polar surface area (TPSA) is 29.5 Å². The molecule has 0 atom stereocenters. The number of amides is 1. The molecule has 1 aromatic heterocycles. The second-order valence-corrected chi connectivity index (χ2v) is 6.23. The normalized spacial score (nSPS) is 10.8. The van der Waals surface area contributed by atoms with E-state index in [4.69, 9.17) is 11.6 Å². The van der Waals surface area contributed by atoms with Crippen LogP contribution in [0.3, 0.4) is 0 Å². The molecule has 22 heavy (non-hydrogen) atoms. The summed E-state index contributed by atoms with van der Waals surface area (Å²) < 4.78 is 29.1. The number of benzene rings is 1. The third kappa shape index (κ3) is 4.42. The molecule has 2 rings (SSSR count). The van der Waals surface area contributed by atoms with Gasteiger partial charge in [0.25, 0.3) is 5.91 Å². The van der Waals surface area contributed by atoms with Gasteiger partial charge in [-0.2, -0.15) is 8.78 Å². The highest BCUT2D eigenvalue weighted by Crippen LogP contribution is 2.23. The molecule has 1 heterocycles. The van der Waals surface area contributed by atoms with Gasteiger partial charge >= 0.3 is 6.61 Å². The van der Waals surface area contributed by atoms with Crippen LogP contribution in [-0.4, -0.2) is 24.0 Å². The molecule has 1 aromatic carbocycles. The first-order valence-electron chi connectivity index (χ1n) is 6.58. The van der Waals surface area contributed by atoms with E-state index >= 15 is 0 Å². The minimum atomic E-state index is -2.88. The van der Waals surface area contributed by atoms with Crippen molar-refractivity contribution in [1.29, 1.82) is 0 Å². The van der Waals surface area contributed by atoms with Crippen LogP contribution >= 0.6 is 22.9 Å². The van der Waals surface area contributed by atoms with Crippen molar-refractivity contribution in [3.8, 4) is 5.75 Å². The minimum Gasteiger partial charge on any atom is -0.435 e. The number of thiophene rings is 1. The summed E-state index contributed by atoms with van der Waals surface area (Å²) in [6, 6.07) is 9.33. The zero-order chi connectivity index (χ0) is 16.1. The average molecular weight is 346 g/mol. The first-order valence-corrected chi connectivity index (χ1v) is 7.77. The largest absolute Gasteiger partial charge is 0.435 e. The Balaban J connectivity index is 2.07. The van der Waals surface area contributed by atoms with Crippen LogP contribution in [0.4, 0.5) is 8.78 Å². The molecule has 0 N–H and O–H groups in total. The number of carbonyl (C=O) groups is 1. The maximum atomic E-state index is 12.4. The Bertz CT molecular complexity index is 631. The quantitative estimate of drug-likeness (QED) is 0.761. The van der Waals surface area contributed by atoms with Gasteiger partial charge in [0.05, 0.1) is 10.9 Å². The van der Waals surface area contributed by atoms with Crippen LogP contribution in [0.1, 0.15) is 22.2 Å². The van der Waals surface area contributed by atoms with Crippen molar-refractivity contribution >= 4 is 28.8 Å². The fourth-order valence-corrected chi connectivity index (χ4v) is 3.02. The molecular formula is C15H14ClF2NO2S. The standard InChI is InChI=1S/C15H14ClF2NO2S/c1-2-19(9-12-7-8-13(16)22-12)14(20)10-3-5-11(6-4-10)21-15(17)18/h3-8,15H,2,9H2,1H3. The zero-order valence-electron chi connectivity index (χ0n) is 11.8. The summed E-state index contributed by atoms with van der Waals surface area (Å²) in [4.78, 5) is 15.1. The van der Waals surface area contributed by atoms with E-state index < -0.39 is 6.61 Å². The Hall–Kier alpha value is -1.66. The van der Waals surface area contributed by atoms with Gasteiger partial charge in [-0.25, -0.2) is 0 Å². The predicted molar refractivity (Wildman–Crippen MR) is 82.8 cm³/mol. The molecule has 0 fully saturated rings. The van der Waals surface area contributed by atoms with Crippen LogP contribution in [0.5, 0.6) is 5.75 Å². The number of rotatable bonds is 6. The van der Waals surface area contributed by atoms with Crippen molar-refractivity contribution in [2.75, 3.05) is 6.54 Å². The molecule has 118 valence electrons. The average Bonchev–Trinajstić information content (AvgIpc) is 2.89. The second kappa shape index (κ2) is 7.56. The summed E-state index contributed by atoms with van der Waals surface area (Å²) >= 11 is 7.30. The Labute approximate surface area is 136 Å². The lowest BCUT2D eigenvalue weighted by Crippen LogP contribution is -2.29. The molecule has 0 aliphatic carbocycles. The first-order chi connectivity index (χ1) is 10.5. The lowest BCUT2D eigenvalue weighted by molar-refractivity contribution is -0.0498. The van der Waals surface area contributed by atoms with Crippen LogP contribution in [0.15, 0.2) is 36.4 Å². The molecule has 0 saturated heterocycles. The summed E-state index contributed by atoms with van der Waals surface area (Å²) in [6.07, 6.45) is 0. The number of alkyl halides is 2. The van der Waals surface area contributed by atoms with Crippen molar-refractivity contribution in [2.45, 2.75) is 20.1 Å². The van der Waals surface area contributed by atoms with E-state index in [1.54, 1.807) is 11.0 Å². The maximum Gasteiger partial charge on any atom is 0.387 e. The summed E-state index contributed by atoms with van der Waals surface area (Å²) in [7, 11) is 0. The number of carbonyl (C=O) groups excluding carboxylic acids is 1. The van der Waals surface area contributed by atoms with Gasteiger partial charge in [0, 0.05) is 17.0 Å². The Morgan fingerprint density at radius 3 is 2.45 bits per heavy atom. The summed E-state index contributed by atoms with van der Waals surface area (Å²) in [5.41, 5.74) is 0.422. The molecule has 0 radical (unpaired) electrons. The van der Waals surface area contributed by atoms with E-state index in [1.807, 2.05) is 13.0 Å². The summed E-state index contributed by atoms with van der Waals surface area (Å²) in [5, 5.41) is 0. The van der Waals surface area contributed by atoms with Crippen LogP contribution in [0, 0.1) is 0 Å². The van der Waals surface area contributed by atoms with E-state index in [1.165, 1.54) is 35.6 Å². The number of hydrogen-bond donors (Lipinski definition) is 0. The Morgan fingerprint density at radius 2 is 1.95 bits per heavy atom. The van der Waals surface area contributed by atoms with Gasteiger partial charge < -0.3 is 9.64 Å². The summed E-state index contributed by atoms with van der Waals surface area (Å²) in [6.45, 7) is -0.00944. The minimum absolute atomic E-state index is 0.0274. The van der Waals surface area contributed by atoms with Gasteiger partial charge in [0.15, 0.2) is 0 Å². The molecule has 7 heteroatoms. The van der Waals surface area contributed by atoms with Crippen LogP contribution in [-0.2, 0) is 6.54 Å². The van der Waals surface area contributed by atoms with Crippen molar-refractivity contribution in [1.82, 2.24) is 4.90 Å². The Morgan fingerprint density at radius 1 is 1.27 bits per heavy atom. The lowest BCUT2D eigenvalue weighted by atomic mass is 10.2. The molecule has 0 aliphatic rings. The molecule has 0 saturated carbocycles. The van der Waals surface area contributed by atoms with E-state index in [2.05, 4.69) is 4.74 Å². The Kier molecular flexibility index (Phi) is 5.74. The van der Waals surface area contributed by atoms with Crippen LogP contribution in [0.25, 0.3) is 0 Å². The van der Waals surface area contributed by atoms with Gasteiger partial charge in [-0.3, -0.25) is 4.79 Å². The molecule has 0 unspecified atom stereocenters. The highest BCUT2D eigenvalue weighted by molar-refractivity contribution is 7.16. The SMILES string of the molecule is CCN(Cc1ccc(Cl)s1)C(=O)c1ccc(OC(F)F)cc1. The third-order valence-corrected chi connectivity index (χ3v) is 4.19. The molecule has 0 aliphatic heterocycles. The van der Waals surface area contributed by atoms with Gasteiger partial charge in [-0.05, 0) is 43.3 Å². The fraction of sp³-hybridized carbons (Fsp3) is 0.267. The molecular weight excluding hydrogens is 332 g/mol. The second-order valence-electron chi connectivity index (χ2n) is 4.43. The van der Waals surface area contributed by atoms with Crippen molar-refractivity contribution in [2.24, 2.45) is 0 Å². The van der Waals surface area contributed by atoms with Gasteiger partial charge in [-0.1, -0.05) is 11.6 Å². The highest BCUT2D eigenvalue weighted by Gasteiger charge is 2.16. The number of ether oxygens (including phenoxy) is 1. The van der Waals surface area contributed by atoms with Crippen molar-refractivity contribution < 1.29 is 18.3 Å². The van der Waals surface area contributed by atoms with E-state index in [0.29, 0.717) is 23.0 Å². The third-order valence-electron chi connectivity index (χ3n) is 2.97. The van der Waals surface area contributed by atoms with E-state index in [0.717, 1.165) is 4.88 Å². The van der Waals surface area contributed by atoms with E-state index in [-0.39, 0.29) is 11.7 Å². The molecule has 0 spiro atoms. The first kappa shape index (κ1) is 16.7. The lowest BCUT2D eigenvalue weighted by Gasteiger charge is -2.20. The molecule has 1 amide bonds. The fourth-order valence-electron chi connectivity index (χ4n) is 1.91. The number of hydrogen-bond acceptors (Lipinski definition) is 3. The monoisotopic (exact) mass is 345 g/mol.